The summed E-state index contributed by atoms with van der Waals surface area (Å²) in [4.78, 5) is 41.9. The van der Waals surface area contributed by atoms with Crippen LogP contribution < -0.4 is 20.4 Å². The van der Waals surface area contributed by atoms with Crippen molar-refractivity contribution >= 4 is 28.4 Å². The standard InChI is InChI=1S/C29H25N3O4/c1-18-14-20-10-7-11-21-26(20)31(18)16-22(27(21)33)29(35)32-17-25(36-24-13-6-5-12-23(24)32)28(34)30-15-19-8-3-2-4-9-19/h2-13,16,18,25H,14-15,17H2,1H3,(H,30,34)/t18-,25-/m1/s1. The Morgan fingerprint density at radius 1 is 1.00 bits per heavy atom. The highest BCUT2D eigenvalue weighted by Gasteiger charge is 2.36. The molecule has 0 radical (unpaired) electrons. The summed E-state index contributed by atoms with van der Waals surface area (Å²) < 4.78 is 8.00. The molecule has 2 amide bonds. The average molecular weight is 480 g/mol. The number of hydrogen-bond donors (Lipinski definition) is 1. The normalized spacial score (nSPS) is 18.0. The Morgan fingerprint density at radius 3 is 2.61 bits per heavy atom. The molecule has 6 rings (SSSR count). The first-order chi connectivity index (χ1) is 17.5. The van der Waals surface area contributed by atoms with Crippen LogP contribution in [0.25, 0.3) is 10.9 Å². The predicted molar refractivity (Wildman–Crippen MR) is 137 cm³/mol. The lowest BCUT2D eigenvalue weighted by atomic mass is 10.1. The van der Waals surface area contributed by atoms with Gasteiger partial charge in [0.25, 0.3) is 11.8 Å². The van der Waals surface area contributed by atoms with E-state index in [1.165, 1.54) is 4.90 Å². The van der Waals surface area contributed by atoms with Gasteiger partial charge in [0.2, 0.25) is 5.43 Å². The summed E-state index contributed by atoms with van der Waals surface area (Å²) in [5.41, 5.74) is 3.31. The molecule has 2 atom stereocenters. The van der Waals surface area contributed by atoms with Crippen molar-refractivity contribution in [3.05, 3.63) is 106 Å². The Kier molecular flexibility index (Phi) is 5.33. The highest BCUT2D eigenvalue weighted by Crippen LogP contribution is 2.35. The quantitative estimate of drug-likeness (QED) is 0.482. The van der Waals surface area contributed by atoms with Gasteiger partial charge in [0.1, 0.15) is 11.3 Å². The van der Waals surface area contributed by atoms with Crippen LogP contribution in [0.2, 0.25) is 0 Å². The lowest BCUT2D eigenvalue weighted by Gasteiger charge is -2.34. The van der Waals surface area contributed by atoms with Gasteiger partial charge in [0, 0.05) is 24.2 Å². The van der Waals surface area contributed by atoms with Crippen molar-refractivity contribution in [3.8, 4) is 5.75 Å². The topological polar surface area (TPSA) is 80.6 Å². The third-order valence-corrected chi connectivity index (χ3v) is 6.98. The lowest BCUT2D eigenvalue weighted by molar-refractivity contribution is -0.127. The van der Waals surface area contributed by atoms with Gasteiger partial charge in [0.15, 0.2) is 6.10 Å². The summed E-state index contributed by atoms with van der Waals surface area (Å²) >= 11 is 0. The number of anilines is 1. The molecular weight excluding hydrogens is 454 g/mol. The number of rotatable bonds is 4. The van der Waals surface area contributed by atoms with Gasteiger partial charge in [-0.25, -0.2) is 0 Å². The van der Waals surface area contributed by atoms with Crippen molar-refractivity contribution in [2.75, 3.05) is 11.4 Å². The molecule has 4 aromatic rings. The fourth-order valence-corrected chi connectivity index (χ4v) is 5.18. The predicted octanol–water partition coefficient (Wildman–Crippen LogP) is 3.84. The van der Waals surface area contributed by atoms with Crippen LogP contribution in [0.1, 0.15) is 34.5 Å². The summed E-state index contributed by atoms with van der Waals surface area (Å²) in [6.45, 7) is 2.43. The van der Waals surface area contributed by atoms with Gasteiger partial charge in [-0.15, -0.1) is 0 Å². The van der Waals surface area contributed by atoms with Crippen LogP contribution in [-0.2, 0) is 17.8 Å². The highest BCUT2D eigenvalue weighted by molar-refractivity contribution is 6.09. The molecule has 1 N–H and O–H groups in total. The molecular formula is C29H25N3O4. The van der Waals surface area contributed by atoms with Crippen molar-refractivity contribution in [2.24, 2.45) is 0 Å². The smallest absolute Gasteiger partial charge is 0.264 e. The summed E-state index contributed by atoms with van der Waals surface area (Å²) in [6.07, 6.45) is 1.59. The first kappa shape index (κ1) is 22.1. The van der Waals surface area contributed by atoms with Gasteiger partial charge in [-0.05, 0) is 42.7 Å². The molecule has 3 heterocycles. The first-order valence-corrected chi connectivity index (χ1v) is 12.1. The molecule has 7 nitrogen and oxygen atoms in total. The molecule has 0 bridgehead atoms. The first-order valence-electron chi connectivity index (χ1n) is 12.1. The maximum Gasteiger partial charge on any atom is 0.264 e. The van der Waals surface area contributed by atoms with Gasteiger partial charge >= 0.3 is 0 Å². The average Bonchev–Trinajstić information content (AvgIpc) is 3.24. The number of pyridine rings is 1. The molecule has 0 fully saturated rings. The van der Waals surface area contributed by atoms with Gasteiger partial charge in [-0.2, -0.15) is 0 Å². The number of ether oxygens (including phenoxy) is 1. The van der Waals surface area contributed by atoms with Gasteiger partial charge in [-0.3, -0.25) is 14.4 Å². The Balaban J connectivity index is 1.34. The van der Waals surface area contributed by atoms with E-state index in [9.17, 15) is 14.4 Å². The fourth-order valence-electron chi connectivity index (χ4n) is 5.18. The largest absolute Gasteiger partial charge is 0.477 e. The van der Waals surface area contributed by atoms with Crippen LogP contribution in [0.3, 0.4) is 0 Å². The number of fused-ring (bicyclic) bond motifs is 1. The number of aromatic nitrogens is 1. The van der Waals surface area contributed by atoms with E-state index in [1.54, 1.807) is 36.5 Å². The van der Waals surface area contributed by atoms with E-state index in [0.717, 1.165) is 23.1 Å². The van der Waals surface area contributed by atoms with Gasteiger partial charge in [-0.1, -0.05) is 54.6 Å². The zero-order valence-electron chi connectivity index (χ0n) is 19.8. The zero-order chi connectivity index (χ0) is 24.8. The molecule has 0 unspecified atom stereocenters. The van der Waals surface area contributed by atoms with E-state index < -0.39 is 12.0 Å². The fraction of sp³-hybridized carbons (Fsp3) is 0.207. The van der Waals surface area contributed by atoms with Crippen molar-refractivity contribution < 1.29 is 14.3 Å². The van der Waals surface area contributed by atoms with Crippen LogP contribution in [0.15, 0.2) is 83.8 Å². The highest BCUT2D eigenvalue weighted by atomic mass is 16.5. The SMILES string of the molecule is C[C@@H]1Cc2cccc3c(=O)c(C(=O)N4C[C@H](C(=O)NCc5ccccc5)Oc5ccccc54)cn1c23. The number of nitrogens with one attached hydrogen (secondary N) is 1. The second-order valence-electron chi connectivity index (χ2n) is 9.34. The van der Waals surface area contributed by atoms with E-state index in [4.69, 9.17) is 4.74 Å². The van der Waals surface area contributed by atoms with Crippen molar-refractivity contribution in [3.63, 3.8) is 0 Å². The molecule has 0 saturated heterocycles. The molecule has 0 saturated carbocycles. The number of para-hydroxylation sites is 3. The van der Waals surface area contributed by atoms with Gasteiger partial charge in [0.05, 0.1) is 17.7 Å². The summed E-state index contributed by atoms with van der Waals surface area (Å²) in [5, 5.41) is 3.44. The molecule has 2 aliphatic heterocycles. The van der Waals surface area contributed by atoms with Crippen molar-refractivity contribution in [1.82, 2.24) is 9.88 Å². The zero-order valence-corrected chi connectivity index (χ0v) is 19.8. The van der Waals surface area contributed by atoms with E-state index in [1.807, 2.05) is 47.0 Å². The Morgan fingerprint density at radius 2 is 1.78 bits per heavy atom. The second-order valence-corrected chi connectivity index (χ2v) is 9.34. The molecule has 36 heavy (non-hydrogen) atoms. The number of amides is 2. The molecule has 7 heteroatoms. The van der Waals surface area contributed by atoms with Crippen LogP contribution >= 0.6 is 0 Å². The molecule has 2 aliphatic rings. The third-order valence-electron chi connectivity index (χ3n) is 6.98. The molecule has 1 aromatic heterocycles. The van der Waals surface area contributed by atoms with E-state index in [2.05, 4.69) is 12.2 Å². The Labute approximate surface area is 207 Å². The van der Waals surface area contributed by atoms with E-state index >= 15 is 0 Å². The van der Waals surface area contributed by atoms with Crippen molar-refractivity contribution in [1.29, 1.82) is 0 Å². The van der Waals surface area contributed by atoms with Crippen LogP contribution in [0, 0.1) is 0 Å². The Hall–Kier alpha value is -4.39. The minimum Gasteiger partial charge on any atom is -0.477 e. The minimum absolute atomic E-state index is 0.00351. The summed E-state index contributed by atoms with van der Waals surface area (Å²) in [6, 6.07) is 22.5. The molecule has 0 aliphatic carbocycles. The van der Waals surface area contributed by atoms with Crippen molar-refractivity contribution in [2.45, 2.75) is 32.0 Å². The van der Waals surface area contributed by atoms with Crippen LogP contribution in [0.5, 0.6) is 5.75 Å². The maximum absolute atomic E-state index is 13.9. The maximum atomic E-state index is 13.9. The molecule has 3 aromatic carbocycles. The summed E-state index contributed by atoms with van der Waals surface area (Å²) in [5.74, 6) is -0.330. The third kappa shape index (κ3) is 3.64. The number of nitrogens with zero attached hydrogens (tertiary/aromatic N) is 2. The van der Waals surface area contributed by atoms with E-state index in [0.29, 0.717) is 23.4 Å². The number of benzene rings is 3. The van der Waals surface area contributed by atoms with Gasteiger partial charge < -0.3 is 19.5 Å². The lowest BCUT2D eigenvalue weighted by Crippen LogP contribution is -2.51. The Bertz CT molecular complexity index is 1560. The number of hydrogen-bond acceptors (Lipinski definition) is 4. The number of carbonyl (C=O) groups excluding carboxylic acids is 2. The second kappa shape index (κ2) is 8.68. The molecule has 180 valence electrons. The van der Waals surface area contributed by atoms with Crippen LogP contribution in [0.4, 0.5) is 5.69 Å². The monoisotopic (exact) mass is 479 g/mol. The molecule has 0 spiro atoms. The summed E-state index contributed by atoms with van der Waals surface area (Å²) in [7, 11) is 0. The number of carbonyl (C=O) groups is 2. The minimum atomic E-state index is -0.906. The van der Waals surface area contributed by atoms with E-state index in [-0.39, 0.29) is 29.5 Å². The van der Waals surface area contributed by atoms with Crippen LogP contribution in [-0.4, -0.2) is 29.0 Å².